The summed E-state index contributed by atoms with van der Waals surface area (Å²) in [6, 6.07) is 17.3. The largest absolute Gasteiger partial charge is 0.493 e. The molecule has 0 spiro atoms. The summed E-state index contributed by atoms with van der Waals surface area (Å²) in [5.74, 6) is 1.63. The predicted octanol–water partition coefficient (Wildman–Crippen LogP) is 4.63. The summed E-state index contributed by atoms with van der Waals surface area (Å²) < 4.78 is 5.83. The number of hydrogen-bond acceptors (Lipinski definition) is 8. The van der Waals surface area contributed by atoms with E-state index < -0.39 is 6.04 Å². The molecule has 0 saturated carbocycles. The maximum Gasteiger partial charge on any atom is 0.255 e. The number of nitrogens with one attached hydrogen (secondary N) is 2. The van der Waals surface area contributed by atoms with Crippen molar-refractivity contribution in [3.63, 3.8) is 0 Å². The van der Waals surface area contributed by atoms with Crippen LogP contribution in [-0.2, 0) is 29.1 Å². The lowest BCUT2D eigenvalue weighted by molar-refractivity contribution is -0.136. The summed E-state index contributed by atoms with van der Waals surface area (Å²) in [5.41, 5.74) is 6.81. The molecular weight excluding hydrogens is 604 g/mol. The van der Waals surface area contributed by atoms with Gasteiger partial charge in [0.15, 0.2) is 0 Å². The fourth-order valence-corrected chi connectivity index (χ4v) is 8.15. The van der Waals surface area contributed by atoms with Crippen molar-refractivity contribution in [3.05, 3.63) is 82.5 Å². The van der Waals surface area contributed by atoms with Crippen LogP contribution in [-0.4, -0.2) is 77.4 Å². The number of hydrogen-bond donors (Lipinski definition) is 2. The average Bonchev–Trinajstić information content (AvgIpc) is 3.44. The van der Waals surface area contributed by atoms with E-state index in [4.69, 9.17) is 4.74 Å². The van der Waals surface area contributed by atoms with Crippen molar-refractivity contribution >= 4 is 29.2 Å². The maximum absolute atomic E-state index is 13.1. The van der Waals surface area contributed by atoms with Crippen molar-refractivity contribution in [3.8, 4) is 5.75 Å². The number of anilines is 2. The highest BCUT2D eigenvalue weighted by molar-refractivity contribution is 6.05. The minimum absolute atomic E-state index is 0.109. The smallest absolute Gasteiger partial charge is 0.255 e. The minimum Gasteiger partial charge on any atom is -0.493 e. The van der Waals surface area contributed by atoms with Gasteiger partial charge in [0.2, 0.25) is 11.8 Å². The van der Waals surface area contributed by atoms with Crippen LogP contribution in [0.1, 0.15) is 83.5 Å². The van der Waals surface area contributed by atoms with Crippen LogP contribution in [0.15, 0.2) is 54.7 Å². The number of benzene rings is 2. The highest BCUT2D eigenvalue weighted by atomic mass is 16.5. The molecule has 1 unspecified atom stereocenters. The molecule has 5 aliphatic rings. The van der Waals surface area contributed by atoms with E-state index in [0.717, 1.165) is 95.0 Å². The highest BCUT2D eigenvalue weighted by Gasteiger charge is 2.39. The number of likely N-dealkylation sites (tertiary alicyclic amines) is 1. The molecule has 1 atom stereocenters. The number of aryl methyl sites for hydroxylation is 1. The Hall–Kier alpha value is -4.44. The molecule has 3 amide bonds. The van der Waals surface area contributed by atoms with Gasteiger partial charge in [-0.1, -0.05) is 24.3 Å². The van der Waals surface area contributed by atoms with E-state index in [1.54, 1.807) is 4.90 Å². The van der Waals surface area contributed by atoms with Gasteiger partial charge in [0.25, 0.3) is 5.91 Å². The number of carbonyl (C=O) groups is 3. The fourth-order valence-electron chi connectivity index (χ4n) is 8.15. The molecule has 3 aromatic rings. The number of imide groups is 1. The number of ether oxygens (including phenoxy) is 1. The van der Waals surface area contributed by atoms with Gasteiger partial charge in [0.05, 0.1) is 6.61 Å². The molecule has 10 heteroatoms. The van der Waals surface area contributed by atoms with Crippen molar-refractivity contribution in [1.82, 2.24) is 20.1 Å². The fraction of sp³-hybridized carbons (Fsp3) is 0.474. The molecule has 8 rings (SSSR count). The second-order valence-electron chi connectivity index (χ2n) is 14.1. The van der Waals surface area contributed by atoms with Crippen LogP contribution < -0.4 is 20.3 Å². The average molecular weight is 649 g/mol. The normalized spacial score (nSPS) is 22.2. The van der Waals surface area contributed by atoms with Crippen molar-refractivity contribution < 1.29 is 19.1 Å². The van der Waals surface area contributed by atoms with Crippen LogP contribution in [0.5, 0.6) is 5.75 Å². The van der Waals surface area contributed by atoms with Crippen molar-refractivity contribution in [2.24, 2.45) is 0 Å². The number of pyridine rings is 1. The van der Waals surface area contributed by atoms with E-state index in [-0.39, 0.29) is 24.1 Å². The molecule has 48 heavy (non-hydrogen) atoms. The van der Waals surface area contributed by atoms with E-state index in [2.05, 4.69) is 67.9 Å². The van der Waals surface area contributed by atoms with Gasteiger partial charge in [-0.15, -0.1) is 0 Å². The molecule has 0 radical (unpaired) electrons. The Balaban J connectivity index is 0.800. The summed E-state index contributed by atoms with van der Waals surface area (Å²) in [7, 11) is 0. The zero-order valence-corrected chi connectivity index (χ0v) is 27.5. The van der Waals surface area contributed by atoms with Gasteiger partial charge in [-0.25, -0.2) is 4.98 Å². The number of amides is 3. The highest BCUT2D eigenvalue weighted by Crippen LogP contribution is 2.34. The molecule has 0 aliphatic carbocycles. The van der Waals surface area contributed by atoms with Crippen LogP contribution in [0.3, 0.4) is 0 Å². The van der Waals surface area contributed by atoms with Gasteiger partial charge in [-0.05, 0) is 98.8 Å². The standard InChI is InChI=1S/C38H44N6O4/c45-36-10-9-33(37(46)41-36)44-24-29-20-27(5-8-32(29)38(44)47)26-11-15-42(16-12-26)23-25-3-6-31(7-4-25)43-17-13-30(14-18-43)40-35-21-34-28(22-39-35)2-1-19-48-34/h3-8,20-22,26,30,33H,1-2,9-19,23-24H2,(H,39,40)(H,41,45,46). The number of carbonyl (C=O) groups excluding carboxylic acids is 3. The van der Waals surface area contributed by atoms with Crippen LogP contribution in [0, 0.1) is 0 Å². The molecule has 2 N–H and O–H groups in total. The topological polar surface area (TPSA) is 107 Å². The lowest BCUT2D eigenvalue weighted by Crippen LogP contribution is -2.52. The first kappa shape index (κ1) is 30.9. The second-order valence-corrected chi connectivity index (χ2v) is 14.1. The monoisotopic (exact) mass is 648 g/mol. The Morgan fingerprint density at radius 2 is 1.69 bits per heavy atom. The molecule has 2 aromatic carbocycles. The molecule has 3 fully saturated rings. The Labute approximate surface area is 281 Å². The summed E-state index contributed by atoms with van der Waals surface area (Å²) in [6.45, 7) is 6.31. The number of fused-ring (bicyclic) bond motifs is 2. The Bertz CT molecular complexity index is 1690. The minimum atomic E-state index is -0.572. The summed E-state index contributed by atoms with van der Waals surface area (Å²) >= 11 is 0. The zero-order valence-electron chi connectivity index (χ0n) is 27.5. The molecule has 250 valence electrons. The number of nitrogens with zero attached hydrogens (tertiary/aromatic N) is 4. The number of rotatable bonds is 7. The Morgan fingerprint density at radius 3 is 2.48 bits per heavy atom. The molecule has 1 aromatic heterocycles. The third kappa shape index (κ3) is 6.38. The third-order valence-corrected chi connectivity index (χ3v) is 11.0. The van der Waals surface area contributed by atoms with E-state index in [9.17, 15) is 14.4 Å². The Morgan fingerprint density at radius 1 is 0.875 bits per heavy atom. The quantitative estimate of drug-likeness (QED) is 0.358. The van der Waals surface area contributed by atoms with Gasteiger partial charge < -0.3 is 19.9 Å². The van der Waals surface area contributed by atoms with Gasteiger partial charge >= 0.3 is 0 Å². The molecule has 6 heterocycles. The van der Waals surface area contributed by atoms with Crippen molar-refractivity contribution in [2.45, 2.75) is 82.5 Å². The first-order chi connectivity index (χ1) is 23.5. The first-order valence-corrected chi connectivity index (χ1v) is 17.7. The van der Waals surface area contributed by atoms with E-state index in [0.29, 0.717) is 30.5 Å². The van der Waals surface area contributed by atoms with Crippen LogP contribution >= 0.6 is 0 Å². The molecule has 5 aliphatic heterocycles. The van der Waals surface area contributed by atoms with Gasteiger partial charge in [0, 0.05) is 67.7 Å². The van der Waals surface area contributed by atoms with Gasteiger partial charge in [-0.2, -0.15) is 0 Å². The Kier molecular flexibility index (Phi) is 8.50. The predicted molar refractivity (Wildman–Crippen MR) is 183 cm³/mol. The molecular formula is C38H44N6O4. The van der Waals surface area contributed by atoms with Gasteiger partial charge in [0.1, 0.15) is 17.6 Å². The van der Waals surface area contributed by atoms with Crippen LogP contribution in [0.2, 0.25) is 0 Å². The molecule has 10 nitrogen and oxygen atoms in total. The van der Waals surface area contributed by atoms with E-state index >= 15 is 0 Å². The lowest BCUT2D eigenvalue weighted by atomic mass is 9.87. The second kappa shape index (κ2) is 13.2. The SMILES string of the molecule is O=C1CCC(N2Cc3cc(C4CCN(Cc5ccc(N6CCC(Nc7cc8c(cn7)CCCO8)CC6)cc5)CC4)ccc3C2=O)C(=O)N1. The van der Waals surface area contributed by atoms with E-state index in [1.807, 2.05) is 12.3 Å². The van der Waals surface area contributed by atoms with Crippen LogP contribution in [0.25, 0.3) is 0 Å². The lowest BCUT2D eigenvalue weighted by Gasteiger charge is -2.34. The summed E-state index contributed by atoms with van der Waals surface area (Å²) in [6.07, 6.45) is 9.07. The third-order valence-electron chi connectivity index (χ3n) is 11.0. The van der Waals surface area contributed by atoms with Gasteiger partial charge in [-0.3, -0.25) is 24.6 Å². The molecule has 3 saturated heterocycles. The number of aromatic nitrogens is 1. The first-order valence-electron chi connectivity index (χ1n) is 17.7. The van der Waals surface area contributed by atoms with Crippen LogP contribution in [0.4, 0.5) is 11.5 Å². The summed E-state index contributed by atoms with van der Waals surface area (Å²) in [5, 5.41) is 6.02. The number of piperidine rings is 3. The molecule has 0 bridgehead atoms. The van der Waals surface area contributed by atoms with Crippen molar-refractivity contribution in [2.75, 3.05) is 43.0 Å². The van der Waals surface area contributed by atoms with Crippen molar-refractivity contribution in [1.29, 1.82) is 0 Å². The maximum atomic E-state index is 13.1. The summed E-state index contributed by atoms with van der Waals surface area (Å²) in [4.78, 5) is 48.4. The zero-order chi connectivity index (χ0) is 32.6. The van der Waals surface area contributed by atoms with E-state index in [1.165, 1.54) is 22.4 Å².